The Morgan fingerprint density at radius 2 is 1.84 bits per heavy atom. The summed E-state index contributed by atoms with van der Waals surface area (Å²) in [5, 5.41) is 17.0. The highest BCUT2D eigenvalue weighted by molar-refractivity contribution is 5.97. The maximum absolute atomic E-state index is 12.9. The summed E-state index contributed by atoms with van der Waals surface area (Å²) in [6, 6.07) is 9.98. The van der Waals surface area contributed by atoms with Gasteiger partial charge in [-0.25, -0.2) is 4.79 Å². The fraction of sp³-hybridized carbons (Fsp3) is 0.276. The number of fused-ring (bicyclic) bond motifs is 5. The Labute approximate surface area is 211 Å². The van der Waals surface area contributed by atoms with Crippen LogP contribution >= 0.6 is 0 Å². The first-order valence-corrected chi connectivity index (χ1v) is 12.4. The van der Waals surface area contributed by atoms with Crippen molar-refractivity contribution in [3.05, 3.63) is 81.0 Å². The van der Waals surface area contributed by atoms with Gasteiger partial charge in [0.15, 0.2) is 0 Å². The standard InChI is InChI=1S/C29H26N2O6/c1-15-19-11-21-18-7-3-5-9-24(18)36-26(21)13-25(19)37-29(35)20(15)12-27(32)31-23(28(33)34)10-16-14-30-22-8-4-2-6-17(16)22/h2,4,6,8,11,13-14,23,30H,3,5,7,9-10,12H2,1H3,(H,31,32)(H,33,34)/p-1/t23-/m0/s1. The lowest BCUT2D eigenvalue weighted by molar-refractivity contribution is -0.308. The second-order valence-electron chi connectivity index (χ2n) is 9.73. The molecule has 1 aliphatic rings. The topological polar surface area (TPSA) is 128 Å². The van der Waals surface area contributed by atoms with E-state index in [1.54, 1.807) is 19.2 Å². The lowest BCUT2D eigenvalue weighted by Gasteiger charge is -2.20. The van der Waals surface area contributed by atoms with Crippen LogP contribution in [-0.2, 0) is 35.3 Å². The van der Waals surface area contributed by atoms with Crippen LogP contribution in [0.25, 0.3) is 32.8 Å². The number of amides is 1. The van der Waals surface area contributed by atoms with Gasteiger partial charge >= 0.3 is 5.63 Å². The highest BCUT2D eigenvalue weighted by Gasteiger charge is 2.22. The summed E-state index contributed by atoms with van der Waals surface area (Å²) >= 11 is 0. The molecular weight excluding hydrogens is 472 g/mol. The molecule has 0 unspecified atom stereocenters. The third-order valence-electron chi connectivity index (χ3n) is 7.42. The molecular formula is C29H25N2O6-. The number of furan rings is 1. The van der Waals surface area contributed by atoms with Gasteiger partial charge in [0.05, 0.1) is 24.0 Å². The molecule has 3 heterocycles. The van der Waals surface area contributed by atoms with E-state index in [9.17, 15) is 19.5 Å². The summed E-state index contributed by atoms with van der Waals surface area (Å²) in [6.07, 6.45) is 5.51. The molecule has 1 atom stereocenters. The summed E-state index contributed by atoms with van der Waals surface area (Å²) in [5.74, 6) is -1.00. The molecule has 5 aromatic rings. The smallest absolute Gasteiger partial charge is 0.340 e. The van der Waals surface area contributed by atoms with Crippen molar-refractivity contribution in [2.24, 2.45) is 0 Å². The zero-order valence-electron chi connectivity index (χ0n) is 20.3. The first-order chi connectivity index (χ1) is 17.9. The molecule has 0 spiro atoms. The number of aryl methyl sites for hydroxylation is 3. The second kappa shape index (κ2) is 8.96. The van der Waals surface area contributed by atoms with Gasteiger partial charge in [-0.3, -0.25) is 4.79 Å². The highest BCUT2D eigenvalue weighted by Crippen LogP contribution is 2.35. The SMILES string of the molecule is Cc1c(CC(=O)N[C@@H](Cc2c[nH]c3ccccc23)C(=O)[O-])c(=O)oc2cc3oc4c(c3cc12)CCCC4. The molecule has 6 rings (SSSR count). The number of hydrogen-bond donors (Lipinski definition) is 2. The fourth-order valence-electron chi connectivity index (χ4n) is 5.47. The van der Waals surface area contributed by atoms with Gasteiger partial charge in [0.25, 0.3) is 0 Å². The quantitative estimate of drug-likeness (QED) is 0.347. The Morgan fingerprint density at radius 1 is 1.05 bits per heavy atom. The number of H-pyrrole nitrogens is 1. The Balaban J connectivity index is 1.28. The van der Waals surface area contributed by atoms with E-state index in [4.69, 9.17) is 8.83 Å². The minimum absolute atomic E-state index is 0.0486. The van der Waals surface area contributed by atoms with Crippen molar-refractivity contribution in [1.82, 2.24) is 10.3 Å². The normalized spacial score (nSPS) is 14.2. The van der Waals surface area contributed by atoms with Crippen LogP contribution in [0.4, 0.5) is 0 Å². The van der Waals surface area contributed by atoms with Crippen molar-refractivity contribution < 1.29 is 23.5 Å². The van der Waals surface area contributed by atoms with Crippen LogP contribution in [0.3, 0.4) is 0 Å². The van der Waals surface area contributed by atoms with Gasteiger partial charge in [-0.2, -0.15) is 0 Å². The van der Waals surface area contributed by atoms with E-state index in [0.717, 1.165) is 58.7 Å². The Bertz CT molecular complexity index is 1760. The highest BCUT2D eigenvalue weighted by atomic mass is 16.4. The van der Waals surface area contributed by atoms with Crippen molar-refractivity contribution >= 4 is 44.7 Å². The average molecular weight is 498 g/mol. The molecule has 0 aliphatic heterocycles. The lowest BCUT2D eigenvalue weighted by atomic mass is 9.94. The number of para-hydroxylation sites is 1. The molecule has 8 nitrogen and oxygen atoms in total. The minimum Gasteiger partial charge on any atom is -0.548 e. The van der Waals surface area contributed by atoms with E-state index >= 15 is 0 Å². The average Bonchev–Trinajstić information content (AvgIpc) is 3.46. The van der Waals surface area contributed by atoms with Crippen LogP contribution in [0.5, 0.6) is 0 Å². The Kier molecular flexibility index (Phi) is 5.59. The first kappa shape index (κ1) is 23.1. The number of aliphatic carboxylic acids is 1. The lowest BCUT2D eigenvalue weighted by Crippen LogP contribution is -2.49. The molecule has 0 bridgehead atoms. The van der Waals surface area contributed by atoms with Gasteiger partial charge in [0, 0.05) is 52.3 Å². The molecule has 0 radical (unpaired) electrons. The number of carbonyl (C=O) groups excluding carboxylic acids is 2. The number of benzene rings is 2. The van der Waals surface area contributed by atoms with E-state index in [-0.39, 0.29) is 18.4 Å². The van der Waals surface area contributed by atoms with Gasteiger partial charge in [0.2, 0.25) is 5.91 Å². The summed E-state index contributed by atoms with van der Waals surface area (Å²) in [4.78, 5) is 40.7. The number of nitrogens with one attached hydrogen (secondary N) is 2. The number of carbonyl (C=O) groups is 2. The predicted octanol–water partition coefficient (Wildman–Crippen LogP) is 3.23. The molecule has 2 aromatic carbocycles. The van der Waals surface area contributed by atoms with Crippen LogP contribution in [0.1, 0.15) is 40.9 Å². The third-order valence-corrected chi connectivity index (χ3v) is 7.42. The summed E-state index contributed by atoms with van der Waals surface area (Å²) in [5.41, 5.74) is 4.12. The summed E-state index contributed by atoms with van der Waals surface area (Å²) < 4.78 is 11.6. The van der Waals surface area contributed by atoms with Crippen molar-refractivity contribution in [1.29, 1.82) is 0 Å². The van der Waals surface area contributed by atoms with Crippen LogP contribution in [0.15, 0.2) is 56.2 Å². The van der Waals surface area contributed by atoms with Crippen LogP contribution < -0.4 is 16.0 Å². The number of aromatic amines is 1. The Hall–Kier alpha value is -4.33. The van der Waals surface area contributed by atoms with E-state index in [1.807, 2.05) is 30.3 Å². The van der Waals surface area contributed by atoms with Crippen LogP contribution in [0, 0.1) is 6.92 Å². The summed E-state index contributed by atoms with van der Waals surface area (Å²) in [6.45, 7) is 1.78. The number of carboxylic acids is 1. The zero-order chi connectivity index (χ0) is 25.7. The molecule has 188 valence electrons. The summed E-state index contributed by atoms with van der Waals surface area (Å²) in [7, 11) is 0. The maximum Gasteiger partial charge on any atom is 0.340 e. The van der Waals surface area contributed by atoms with Gasteiger partial charge in [-0.15, -0.1) is 0 Å². The number of carboxylic acid groups (broad SMARTS) is 1. The fourth-order valence-corrected chi connectivity index (χ4v) is 5.47. The van der Waals surface area contributed by atoms with E-state index in [1.165, 1.54) is 5.56 Å². The van der Waals surface area contributed by atoms with Crippen LogP contribution in [0.2, 0.25) is 0 Å². The van der Waals surface area contributed by atoms with E-state index < -0.39 is 23.5 Å². The molecule has 3 aromatic heterocycles. The van der Waals surface area contributed by atoms with Gasteiger partial charge in [0.1, 0.15) is 16.9 Å². The maximum atomic E-state index is 12.9. The molecule has 0 fully saturated rings. The molecule has 0 saturated carbocycles. The monoisotopic (exact) mass is 497 g/mol. The van der Waals surface area contributed by atoms with Gasteiger partial charge < -0.3 is 29.0 Å². The molecule has 1 amide bonds. The van der Waals surface area contributed by atoms with Crippen molar-refractivity contribution in [2.45, 2.75) is 51.5 Å². The second-order valence-corrected chi connectivity index (χ2v) is 9.73. The van der Waals surface area contributed by atoms with Crippen molar-refractivity contribution in [3.8, 4) is 0 Å². The molecule has 1 aliphatic carbocycles. The molecule has 2 N–H and O–H groups in total. The van der Waals surface area contributed by atoms with Crippen LogP contribution in [-0.4, -0.2) is 22.9 Å². The third kappa shape index (κ3) is 4.08. The molecule has 8 heteroatoms. The largest absolute Gasteiger partial charge is 0.548 e. The van der Waals surface area contributed by atoms with Crippen molar-refractivity contribution in [3.63, 3.8) is 0 Å². The predicted molar refractivity (Wildman–Crippen MR) is 136 cm³/mol. The van der Waals surface area contributed by atoms with E-state index in [0.29, 0.717) is 16.7 Å². The van der Waals surface area contributed by atoms with Gasteiger partial charge in [-0.1, -0.05) is 18.2 Å². The first-order valence-electron chi connectivity index (χ1n) is 12.4. The molecule has 0 saturated heterocycles. The number of hydrogen-bond acceptors (Lipinski definition) is 6. The zero-order valence-corrected chi connectivity index (χ0v) is 20.3. The Morgan fingerprint density at radius 3 is 2.68 bits per heavy atom. The van der Waals surface area contributed by atoms with E-state index in [2.05, 4.69) is 10.3 Å². The molecule has 37 heavy (non-hydrogen) atoms. The number of aromatic nitrogens is 1. The van der Waals surface area contributed by atoms with Crippen molar-refractivity contribution in [2.75, 3.05) is 0 Å². The number of rotatable bonds is 6. The minimum atomic E-state index is -1.40. The van der Waals surface area contributed by atoms with Gasteiger partial charge in [-0.05, 0) is 49.4 Å².